The summed E-state index contributed by atoms with van der Waals surface area (Å²) in [7, 11) is 3.12. The smallest absolute Gasteiger partial charge is 0.284 e. The number of para-hydroxylation sites is 2. The van der Waals surface area contributed by atoms with Gasteiger partial charge in [0.1, 0.15) is 5.75 Å². The molecular formula is C11H12N4O3. The maximum Gasteiger partial charge on any atom is 0.284 e. The van der Waals surface area contributed by atoms with E-state index in [2.05, 4.69) is 14.9 Å². The summed E-state index contributed by atoms with van der Waals surface area (Å²) in [4.78, 5) is 13.5. The normalized spacial score (nSPS) is 10.1. The van der Waals surface area contributed by atoms with Crippen molar-refractivity contribution in [3.05, 3.63) is 30.0 Å². The molecule has 7 heteroatoms. The number of benzene rings is 1. The van der Waals surface area contributed by atoms with Crippen LogP contribution in [0.3, 0.4) is 0 Å². The number of aromatic nitrogens is 2. The van der Waals surface area contributed by atoms with E-state index in [1.54, 1.807) is 25.2 Å². The highest BCUT2D eigenvalue weighted by atomic mass is 16.6. The highest BCUT2D eigenvalue weighted by molar-refractivity contribution is 6.07. The van der Waals surface area contributed by atoms with Crippen LogP contribution in [0.4, 0.5) is 11.5 Å². The van der Waals surface area contributed by atoms with E-state index in [1.165, 1.54) is 12.0 Å². The van der Waals surface area contributed by atoms with E-state index in [9.17, 15) is 4.79 Å². The SMILES string of the molecule is COc1ccccc1N(C)C(=O)c1nonc1N. The van der Waals surface area contributed by atoms with Crippen LogP contribution in [0.1, 0.15) is 10.5 Å². The van der Waals surface area contributed by atoms with Crippen LogP contribution in [0, 0.1) is 0 Å². The Bertz CT molecular complexity index is 567. The number of anilines is 2. The number of methoxy groups -OCH3 is 1. The molecule has 18 heavy (non-hydrogen) atoms. The number of nitrogens with zero attached hydrogens (tertiary/aromatic N) is 3. The van der Waals surface area contributed by atoms with Crippen LogP contribution >= 0.6 is 0 Å². The molecule has 0 spiro atoms. The van der Waals surface area contributed by atoms with Crippen molar-refractivity contribution < 1.29 is 14.2 Å². The zero-order valence-electron chi connectivity index (χ0n) is 9.95. The lowest BCUT2D eigenvalue weighted by Crippen LogP contribution is -2.27. The van der Waals surface area contributed by atoms with Gasteiger partial charge in [-0.15, -0.1) is 0 Å². The van der Waals surface area contributed by atoms with Gasteiger partial charge in [-0.2, -0.15) is 0 Å². The molecule has 1 aromatic carbocycles. The standard InChI is InChI=1S/C11H12N4O3/c1-15(7-5-3-4-6-8(7)17-2)11(16)9-10(12)14-18-13-9/h3-6H,1-2H3,(H2,12,14). The molecule has 1 amide bonds. The van der Waals surface area contributed by atoms with Gasteiger partial charge >= 0.3 is 0 Å². The molecule has 0 aliphatic rings. The summed E-state index contributed by atoms with van der Waals surface area (Å²) in [6.07, 6.45) is 0. The molecule has 0 unspecified atom stereocenters. The van der Waals surface area contributed by atoms with Crippen LogP contribution < -0.4 is 15.4 Å². The number of ether oxygens (including phenoxy) is 1. The number of amides is 1. The van der Waals surface area contributed by atoms with Gasteiger partial charge in [0.2, 0.25) is 11.5 Å². The van der Waals surface area contributed by atoms with Gasteiger partial charge < -0.3 is 15.4 Å². The molecule has 0 fully saturated rings. The molecule has 94 valence electrons. The van der Waals surface area contributed by atoms with Crippen molar-refractivity contribution in [1.82, 2.24) is 10.3 Å². The summed E-state index contributed by atoms with van der Waals surface area (Å²) in [5.41, 5.74) is 6.06. The third-order valence-electron chi connectivity index (χ3n) is 2.47. The molecule has 0 saturated heterocycles. The van der Waals surface area contributed by atoms with E-state index in [1.807, 2.05) is 6.07 Å². The van der Waals surface area contributed by atoms with Crippen molar-refractivity contribution in [2.45, 2.75) is 0 Å². The zero-order valence-corrected chi connectivity index (χ0v) is 9.95. The summed E-state index contributed by atoms with van der Waals surface area (Å²) >= 11 is 0. The number of carbonyl (C=O) groups is 1. The molecular weight excluding hydrogens is 236 g/mol. The molecule has 2 aromatic rings. The zero-order chi connectivity index (χ0) is 13.1. The second-order valence-electron chi connectivity index (χ2n) is 3.53. The highest BCUT2D eigenvalue weighted by Gasteiger charge is 2.22. The van der Waals surface area contributed by atoms with Gasteiger partial charge in [0.15, 0.2) is 0 Å². The Kier molecular flexibility index (Phi) is 3.13. The summed E-state index contributed by atoms with van der Waals surface area (Å²) in [5, 5.41) is 6.84. The first-order chi connectivity index (χ1) is 8.65. The Morgan fingerprint density at radius 2 is 2.11 bits per heavy atom. The van der Waals surface area contributed by atoms with Gasteiger partial charge in [-0.05, 0) is 22.4 Å². The number of nitrogens with two attached hydrogens (primary N) is 1. The van der Waals surface area contributed by atoms with Gasteiger partial charge in [-0.1, -0.05) is 12.1 Å². The minimum Gasteiger partial charge on any atom is -0.495 e. The van der Waals surface area contributed by atoms with Crippen LogP contribution in [-0.2, 0) is 0 Å². The fraction of sp³-hybridized carbons (Fsp3) is 0.182. The van der Waals surface area contributed by atoms with Gasteiger partial charge in [0.05, 0.1) is 12.8 Å². The van der Waals surface area contributed by atoms with Gasteiger partial charge in [0, 0.05) is 7.05 Å². The van der Waals surface area contributed by atoms with Crippen LogP contribution in [0.2, 0.25) is 0 Å². The average Bonchev–Trinajstić information content (AvgIpc) is 2.83. The molecule has 0 bridgehead atoms. The summed E-state index contributed by atoms with van der Waals surface area (Å²) < 4.78 is 9.58. The molecule has 0 radical (unpaired) electrons. The first-order valence-electron chi connectivity index (χ1n) is 5.14. The summed E-state index contributed by atoms with van der Waals surface area (Å²) in [5.74, 6) is 0.114. The predicted octanol–water partition coefficient (Wildman–Crippen LogP) is 0.937. The minimum atomic E-state index is -0.418. The average molecular weight is 248 g/mol. The van der Waals surface area contributed by atoms with E-state index in [4.69, 9.17) is 10.5 Å². The highest BCUT2D eigenvalue weighted by Crippen LogP contribution is 2.27. The van der Waals surface area contributed by atoms with E-state index < -0.39 is 5.91 Å². The van der Waals surface area contributed by atoms with Crippen molar-refractivity contribution >= 4 is 17.4 Å². The van der Waals surface area contributed by atoms with E-state index in [0.717, 1.165) is 0 Å². The van der Waals surface area contributed by atoms with E-state index >= 15 is 0 Å². The molecule has 0 saturated carbocycles. The molecule has 1 aromatic heterocycles. The molecule has 0 aliphatic heterocycles. The molecule has 0 aliphatic carbocycles. The lowest BCUT2D eigenvalue weighted by atomic mass is 10.2. The molecule has 2 rings (SSSR count). The minimum absolute atomic E-state index is 0.0246. The van der Waals surface area contributed by atoms with Crippen LogP contribution in [0.25, 0.3) is 0 Å². The van der Waals surface area contributed by atoms with Gasteiger partial charge in [-0.3, -0.25) is 4.79 Å². The number of carbonyl (C=O) groups excluding carboxylic acids is 1. The number of hydrogen-bond acceptors (Lipinski definition) is 6. The van der Waals surface area contributed by atoms with E-state index in [0.29, 0.717) is 11.4 Å². The topological polar surface area (TPSA) is 94.5 Å². The van der Waals surface area contributed by atoms with Gasteiger partial charge in [0.25, 0.3) is 5.91 Å². The lowest BCUT2D eigenvalue weighted by Gasteiger charge is -2.18. The van der Waals surface area contributed by atoms with Crippen molar-refractivity contribution in [1.29, 1.82) is 0 Å². The Morgan fingerprint density at radius 3 is 2.72 bits per heavy atom. The van der Waals surface area contributed by atoms with Crippen molar-refractivity contribution in [3.63, 3.8) is 0 Å². The van der Waals surface area contributed by atoms with Gasteiger partial charge in [-0.25, -0.2) is 4.63 Å². The Balaban J connectivity index is 2.34. The van der Waals surface area contributed by atoms with Crippen LogP contribution in [0.15, 0.2) is 28.9 Å². The van der Waals surface area contributed by atoms with Crippen LogP contribution in [-0.4, -0.2) is 30.4 Å². The second-order valence-corrected chi connectivity index (χ2v) is 3.53. The third kappa shape index (κ3) is 1.97. The maximum absolute atomic E-state index is 12.1. The molecule has 0 atom stereocenters. The van der Waals surface area contributed by atoms with Crippen molar-refractivity contribution in [2.24, 2.45) is 0 Å². The Morgan fingerprint density at radius 1 is 1.39 bits per heavy atom. The summed E-state index contributed by atoms with van der Waals surface area (Å²) in [6, 6.07) is 7.11. The fourth-order valence-electron chi connectivity index (χ4n) is 1.52. The molecule has 7 nitrogen and oxygen atoms in total. The predicted molar refractivity (Wildman–Crippen MR) is 64.4 cm³/mol. The monoisotopic (exact) mass is 248 g/mol. The summed E-state index contributed by atoms with van der Waals surface area (Å²) in [6.45, 7) is 0. The van der Waals surface area contributed by atoms with Crippen LogP contribution in [0.5, 0.6) is 5.75 Å². The first-order valence-corrected chi connectivity index (χ1v) is 5.14. The van der Waals surface area contributed by atoms with Crippen molar-refractivity contribution in [3.8, 4) is 5.75 Å². The molecule has 1 heterocycles. The van der Waals surface area contributed by atoms with Crippen molar-refractivity contribution in [2.75, 3.05) is 24.8 Å². The number of rotatable bonds is 3. The maximum atomic E-state index is 12.1. The third-order valence-corrected chi connectivity index (χ3v) is 2.47. The Hall–Kier alpha value is -2.57. The first kappa shape index (κ1) is 11.9. The Labute approximate surface area is 103 Å². The number of hydrogen-bond donors (Lipinski definition) is 1. The largest absolute Gasteiger partial charge is 0.495 e. The number of nitrogen functional groups attached to an aromatic ring is 1. The molecule has 2 N–H and O–H groups in total. The lowest BCUT2D eigenvalue weighted by molar-refractivity contribution is 0.0983. The quantitative estimate of drug-likeness (QED) is 0.868. The fourth-order valence-corrected chi connectivity index (χ4v) is 1.52. The second kappa shape index (κ2) is 4.74. The van der Waals surface area contributed by atoms with E-state index in [-0.39, 0.29) is 11.5 Å².